The van der Waals surface area contributed by atoms with Gasteiger partial charge in [-0.05, 0) is 36.6 Å². The molecule has 0 saturated carbocycles. The number of fused-ring (bicyclic) bond motifs is 4. The van der Waals surface area contributed by atoms with Gasteiger partial charge >= 0.3 is 5.97 Å². The Balaban J connectivity index is 1.79. The van der Waals surface area contributed by atoms with Crippen molar-refractivity contribution in [1.82, 2.24) is 4.90 Å². The van der Waals surface area contributed by atoms with Gasteiger partial charge in [-0.15, -0.1) is 11.3 Å². The molecule has 0 radical (unpaired) electrons. The highest BCUT2D eigenvalue weighted by Gasteiger charge is 2.36. The second kappa shape index (κ2) is 5.79. The summed E-state index contributed by atoms with van der Waals surface area (Å²) in [4.78, 5) is 15.4. The Morgan fingerprint density at radius 3 is 2.62 bits per heavy atom. The van der Waals surface area contributed by atoms with E-state index in [2.05, 4.69) is 4.90 Å². The second-order valence-corrected chi connectivity index (χ2v) is 7.30. The van der Waals surface area contributed by atoms with Crippen LogP contribution in [0.25, 0.3) is 0 Å². The topological polar surface area (TPSA) is 59.0 Å². The molecule has 24 heavy (non-hydrogen) atoms. The highest BCUT2D eigenvalue weighted by Crippen LogP contribution is 2.45. The molecule has 6 heteroatoms. The summed E-state index contributed by atoms with van der Waals surface area (Å²) in [6.45, 7) is 1.75. The molecule has 0 spiro atoms. The van der Waals surface area contributed by atoms with E-state index in [9.17, 15) is 9.90 Å². The lowest BCUT2D eigenvalue weighted by Gasteiger charge is -2.41. The van der Waals surface area contributed by atoms with Crippen LogP contribution in [-0.4, -0.2) is 36.7 Å². The number of hydrogen-bond acceptors (Lipinski definition) is 5. The SMILES string of the molecule is COc1ccc(OC)c2c1CC1c3cc(C(=O)O)sc3CCN1C2. The first-order valence-electron chi connectivity index (χ1n) is 7.95. The van der Waals surface area contributed by atoms with Crippen molar-refractivity contribution in [2.45, 2.75) is 25.4 Å². The Kier molecular flexibility index (Phi) is 3.73. The molecule has 2 aliphatic heterocycles. The molecule has 1 N–H and O–H groups in total. The van der Waals surface area contributed by atoms with Crippen LogP contribution in [0.5, 0.6) is 11.5 Å². The molecule has 2 aromatic rings. The van der Waals surface area contributed by atoms with Crippen LogP contribution in [0.3, 0.4) is 0 Å². The normalized spacial score (nSPS) is 19.2. The number of carboxylic acids is 1. The van der Waals surface area contributed by atoms with Crippen molar-refractivity contribution in [3.05, 3.63) is 44.6 Å². The minimum atomic E-state index is -0.837. The average Bonchev–Trinajstić information content (AvgIpc) is 3.04. The molecule has 0 amide bonds. The van der Waals surface area contributed by atoms with Crippen LogP contribution in [0.4, 0.5) is 0 Å². The number of carboxylic acid groups (broad SMARTS) is 1. The van der Waals surface area contributed by atoms with Crippen LogP contribution >= 0.6 is 11.3 Å². The minimum Gasteiger partial charge on any atom is -0.496 e. The van der Waals surface area contributed by atoms with Gasteiger partial charge in [-0.3, -0.25) is 4.90 Å². The molecule has 0 fully saturated rings. The van der Waals surface area contributed by atoms with Crippen molar-refractivity contribution < 1.29 is 19.4 Å². The summed E-state index contributed by atoms with van der Waals surface area (Å²) in [7, 11) is 3.38. The Bertz CT molecular complexity index is 814. The summed E-state index contributed by atoms with van der Waals surface area (Å²) in [5, 5.41) is 9.30. The lowest BCUT2D eigenvalue weighted by Crippen LogP contribution is -2.39. The van der Waals surface area contributed by atoms with E-state index in [0.717, 1.165) is 37.4 Å². The van der Waals surface area contributed by atoms with Crippen molar-refractivity contribution in [2.24, 2.45) is 0 Å². The third kappa shape index (κ3) is 2.29. The van der Waals surface area contributed by atoms with Crippen LogP contribution < -0.4 is 9.47 Å². The molecule has 1 unspecified atom stereocenters. The van der Waals surface area contributed by atoms with Gasteiger partial charge < -0.3 is 14.6 Å². The molecular formula is C18H19NO4S. The molecule has 1 atom stereocenters. The van der Waals surface area contributed by atoms with Gasteiger partial charge in [-0.2, -0.15) is 0 Å². The summed E-state index contributed by atoms with van der Waals surface area (Å²) in [6, 6.07) is 5.98. The molecule has 1 aromatic heterocycles. The zero-order valence-corrected chi connectivity index (χ0v) is 14.5. The fourth-order valence-electron chi connectivity index (χ4n) is 3.88. The average molecular weight is 345 g/mol. The molecule has 2 aliphatic rings. The van der Waals surface area contributed by atoms with E-state index in [-0.39, 0.29) is 6.04 Å². The zero-order chi connectivity index (χ0) is 16.8. The minimum absolute atomic E-state index is 0.214. The maximum Gasteiger partial charge on any atom is 0.345 e. The van der Waals surface area contributed by atoms with E-state index in [4.69, 9.17) is 9.47 Å². The fraction of sp³-hybridized carbons (Fsp3) is 0.389. The Hall–Kier alpha value is -2.05. The first kappa shape index (κ1) is 15.5. The molecule has 5 nitrogen and oxygen atoms in total. The zero-order valence-electron chi connectivity index (χ0n) is 13.7. The number of benzene rings is 1. The molecule has 4 rings (SSSR count). The van der Waals surface area contributed by atoms with Crippen LogP contribution in [0.1, 0.15) is 37.3 Å². The van der Waals surface area contributed by atoms with E-state index in [0.29, 0.717) is 4.88 Å². The van der Waals surface area contributed by atoms with Gasteiger partial charge in [0.1, 0.15) is 16.4 Å². The smallest absolute Gasteiger partial charge is 0.345 e. The van der Waals surface area contributed by atoms with Gasteiger partial charge in [0.25, 0.3) is 0 Å². The lowest BCUT2D eigenvalue weighted by atomic mass is 9.86. The summed E-state index contributed by atoms with van der Waals surface area (Å²) < 4.78 is 11.1. The van der Waals surface area contributed by atoms with Crippen molar-refractivity contribution in [3.8, 4) is 11.5 Å². The monoisotopic (exact) mass is 345 g/mol. The summed E-state index contributed by atoms with van der Waals surface area (Å²) in [5.41, 5.74) is 3.53. The van der Waals surface area contributed by atoms with Gasteiger partial charge in [-0.1, -0.05) is 0 Å². The predicted molar refractivity (Wildman–Crippen MR) is 91.4 cm³/mol. The maximum atomic E-state index is 11.3. The second-order valence-electron chi connectivity index (χ2n) is 6.16. The van der Waals surface area contributed by atoms with Gasteiger partial charge in [0, 0.05) is 35.1 Å². The van der Waals surface area contributed by atoms with Crippen LogP contribution in [-0.2, 0) is 19.4 Å². The molecule has 0 bridgehead atoms. The lowest BCUT2D eigenvalue weighted by molar-refractivity contribution is 0.0702. The van der Waals surface area contributed by atoms with Gasteiger partial charge in [0.15, 0.2) is 0 Å². The number of methoxy groups -OCH3 is 2. The van der Waals surface area contributed by atoms with E-state index in [1.807, 2.05) is 18.2 Å². The third-order valence-electron chi connectivity index (χ3n) is 5.02. The molecule has 3 heterocycles. The van der Waals surface area contributed by atoms with Crippen molar-refractivity contribution in [1.29, 1.82) is 0 Å². The van der Waals surface area contributed by atoms with Crippen LogP contribution in [0.2, 0.25) is 0 Å². The number of hydrogen-bond donors (Lipinski definition) is 1. The molecule has 1 aromatic carbocycles. The number of ether oxygens (including phenoxy) is 2. The van der Waals surface area contributed by atoms with Gasteiger partial charge in [0.05, 0.1) is 14.2 Å². The summed E-state index contributed by atoms with van der Waals surface area (Å²) in [5.74, 6) is 0.939. The first-order valence-corrected chi connectivity index (χ1v) is 8.76. The predicted octanol–water partition coefficient (Wildman–Crippen LogP) is 3.12. The number of rotatable bonds is 3. The highest BCUT2D eigenvalue weighted by molar-refractivity contribution is 7.14. The van der Waals surface area contributed by atoms with Gasteiger partial charge in [-0.25, -0.2) is 4.79 Å². The van der Waals surface area contributed by atoms with Crippen LogP contribution in [0.15, 0.2) is 18.2 Å². The molecule has 126 valence electrons. The number of aromatic carboxylic acids is 1. The van der Waals surface area contributed by atoms with Crippen molar-refractivity contribution in [3.63, 3.8) is 0 Å². The molecule has 0 aliphatic carbocycles. The molecular weight excluding hydrogens is 326 g/mol. The maximum absolute atomic E-state index is 11.3. The highest BCUT2D eigenvalue weighted by atomic mass is 32.1. The van der Waals surface area contributed by atoms with Crippen molar-refractivity contribution in [2.75, 3.05) is 20.8 Å². The van der Waals surface area contributed by atoms with Crippen molar-refractivity contribution >= 4 is 17.3 Å². The number of thiophene rings is 1. The van der Waals surface area contributed by atoms with E-state index in [1.54, 1.807) is 14.2 Å². The Labute approximate surface area is 144 Å². The largest absolute Gasteiger partial charge is 0.496 e. The Morgan fingerprint density at radius 2 is 1.96 bits per heavy atom. The third-order valence-corrected chi connectivity index (χ3v) is 6.22. The number of carbonyl (C=O) groups is 1. The quantitative estimate of drug-likeness (QED) is 0.926. The summed E-state index contributed by atoms with van der Waals surface area (Å²) >= 11 is 1.42. The molecule has 0 saturated heterocycles. The first-order chi connectivity index (χ1) is 11.6. The standard InChI is InChI=1S/C18H19NO4S/c1-22-14-3-4-15(23-2)12-9-19-6-5-16-11(13(19)7-10(12)14)8-17(24-16)18(20)21/h3-4,8,13H,5-7,9H2,1-2H3,(H,20,21). The van der Waals surface area contributed by atoms with Crippen LogP contribution in [0, 0.1) is 0 Å². The Morgan fingerprint density at radius 1 is 1.25 bits per heavy atom. The van der Waals surface area contributed by atoms with E-state index in [1.165, 1.54) is 32.9 Å². The number of nitrogens with zero attached hydrogens (tertiary/aromatic N) is 1. The van der Waals surface area contributed by atoms with E-state index < -0.39 is 5.97 Å². The summed E-state index contributed by atoms with van der Waals surface area (Å²) in [6.07, 6.45) is 1.73. The van der Waals surface area contributed by atoms with Gasteiger partial charge in [0.2, 0.25) is 0 Å². The fourth-order valence-corrected chi connectivity index (χ4v) is 4.92. The van der Waals surface area contributed by atoms with E-state index >= 15 is 0 Å².